The maximum Gasteiger partial charge on any atom is 0.243 e. The highest BCUT2D eigenvalue weighted by Gasteiger charge is 2.30. The maximum absolute atomic E-state index is 13.1. The lowest BCUT2D eigenvalue weighted by Gasteiger charge is -2.31. The number of halogens is 1. The Morgan fingerprint density at radius 3 is 2.85 bits per heavy atom. The van der Waals surface area contributed by atoms with Crippen molar-refractivity contribution in [3.05, 3.63) is 24.0 Å². The number of piperidine rings is 1. The zero-order valence-electron chi connectivity index (χ0n) is 11.1. The number of aliphatic hydroxyl groups is 1. The minimum absolute atomic E-state index is 0.0149. The molecule has 5 nitrogen and oxygen atoms in total. The van der Waals surface area contributed by atoms with Crippen LogP contribution in [0, 0.1) is 11.7 Å². The van der Waals surface area contributed by atoms with E-state index in [9.17, 15) is 12.8 Å². The number of anilines is 1. The highest BCUT2D eigenvalue weighted by atomic mass is 32.2. The molecule has 0 radical (unpaired) electrons. The van der Waals surface area contributed by atoms with E-state index in [-0.39, 0.29) is 23.1 Å². The Labute approximate surface area is 118 Å². The van der Waals surface area contributed by atoms with Gasteiger partial charge in [-0.3, -0.25) is 0 Å². The Balaban J connectivity index is 2.23. The molecule has 1 saturated heterocycles. The summed E-state index contributed by atoms with van der Waals surface area (Å²) in [6.07, 6.45) is 2.27. The minimum Gasteiger partial charge on any atom is -0.396 e. The molecule has 1 aliphatic heterocycles. The number of rotatable bonds is 4. The molecule has 1 aromatic carbocycles. The molecule has 3 N–H and O–H groups in total. The van der Waals surface area contributed by atoms with Crippen LogP contribution in [0.4, 0.5) is 10.1 Å². The molecule has 0 aliphatic carbocycles. The highest BCUT2D eigenvalue weighted by molar-refractivity contribution is 7.89. The fourth-order valence-electron chi connectivity index (χ4n) is 2.49. The summed E-state index contributed by atoms with van der Waals surface area (Å²) < 4.78 is 39.5. The molecule has 20 heavy (non-hydrogen) atoms. The summed E-state index contributed by atoms with van der Waals surface area (Å²) in [4.78, 5) is 0.0149. The molecule has 1 fully saturated rings. The summed E-state index contributed by atoms with van der Waals surface area (Å²) in [7, 11) is -3.65. The summed E-state index contributed by atoms with van der Waals surface area (Å²) in [6.45, 7) is 0.893. The zero-order chi connectivity index (χ0) is 14.8. The normalized spacial score (nSPS) is 21.0. The van der Waals surface area contributed by atoms with Gasteiger partial charge in [0.2, 0.25) is 10.0 Å². The SMILES string of the molecule is Nc1cc(S(=O)(=O)N2CCCC(CCO)C2)ccc1F. The van der Waals surface area contributed by atoms with Crippen LogP contribution in [0.2, 0.25) is 0 Å². The van der Waals surface area contributed by atoms with Gasteiger partial charge in [0.15, 0.2) is 0 Å². The minimum atomic E-state index is -3.65. The second-order valence-corrected chi connectivity index (χ2v) is 7.00. The molecule has 0 amide bonds. The summed E-state index contributed by atoms with van der Waals surface area (Å²) in [5, 5.41) is 8.97. The smallest absolute Gasteiger partial charge is 0.243 e. The first-order valence-electron chi connectivity index (χ1n) is 6.61. The first kappa shape index (κ1) is 15.2. The second kappa shape index (κ2) is 6.07. The molecule has 0 bridgehead atoms. The third kappa shape index (κ3) is 3.11. The highest BCUT2D eigenvalue weighted by Crippen LogP contribution is 2.26. The molecule has 0 aromatic heterocycles. The number of sulfonamides is 1. The van der Waals surface area contributed by atoms with E-state index in [1.54, 1.807) is 0 Å². The van der Waals surface area contributed by atoms with E-state index in [0.717, 1.165) is 25.0 Å². The van der Waals surface area contributed by atoms with Crippen LogP contribution in [0.25, 0.3) is 0 Å². The van der Waals surface area contributed by atoms with Crippen LogP contribution in [0.15, 0.2) is 23.1 Å². The summed E-state index contributed by atoms with van der Waals surface area (Å²) in [6, 6.07) is 3.45. The number of nitrogens with two attached hydrogens (primary N) is 1. The van der Waals surface area contributed by atoms with Gasteiger partial charge < -0.3 is 10.8 Å². The molecule has 1 atom stereocenters. The predicted octanol–water partition coefficient (Wildman–Crippen LogP) is 1.19. The van der Waals surface area contributed by atoms with Crippen molar-refractivity contribution in [2.24, 2.45) is 5.92 Å². The summed E-state index contributed by atoms with van der Waals surface area (Å²) >= 11 is 0. The van der Waals surface area contributed by atoms with Gasteiger partial charge in [-0.1, -0.05) is 0 Å². The Hall–Kier alpha value is -1.18. The van der Waals surface area contributed by atoms with Gasteiger partial charge in [0.05, 0.1) is 10.6 Å². The molecule has 112 valence electrons. The van der Waals surface area contributed by atoms with E-state index in [1.165, 1.54) is 10.4 Å². The first-order chi connectivity index (χ1) is 9.45. The van der Waals surface area contributed by atoms with Gasteiger partial charge in [-0.2, -0.15) is 4.31 Å². The van der Waals surface area contributed by atoms with Crippen molar-refractivity contribution in [2.75, 3.05) is 25.4 Å². The van der Waals surface area contributed by atoms with E-state index in [0.29, 0.717) is 19.5 Å². The molecule has 1 heterocycles. The van der Waals surface area contributed by atoms with Crippen molar-refractivity contribution in [2.45, 2.75) is 24.2 Å². The van der Waals surface area contributed by atoms with Crippen LogP contribution in [0.5, 0.6) is 0 Å². The standard InChI is InChI=1S/C13H19FN2O3S/c14-12-4-3-11(8-13(12)15)20(18,19)16-6-1-2-10(9-16)5-7-17/h3-4,8,10,17H,1-2,5-7,9,15H2. The van der Waals surface area contributed by atoms with Crippen molar-refractivity contribution >= 4 is 15.7 Å². The predicted molar refractivity (Wildman–Crippen MR) is 74.0 cm³/mol. The molecule has 2 rings (SSSR count). The van der Waals surface area contributed by atoms with E-state index < -0.39 is 15.8 Å². The lowest BCUT2D eigenvalue weighted by molar-refractivity contribution is 0.203. The van der Waals surface area contributed by atoms with Gasteiger partial charge in [0.1, 0.15) is 5.82 Å². The van der Waals surface area contributed by atoms with Gasteiger partial charge >= 0.3 is 0 Å². The molecule has 1 aromatic rings. The number of hydrogen-bond acceptors (Lipinski definition) is 4. The van der Waals surface area contributed by atoms with Crippen LogP contribution in [0.1, 0.15) is 19.3 Å². The Kier molecular flexibility index (Phi) is 4.62. The summed E-state index contributed by atoms with van der Waals surface area (Å²) in [5.74, 6) is -0.456. The van der Waals surface area contributed by atoms with E-state index in [4.69, 9.17) is 10.8 Å². The van der Waals surface area contributed by atoms with Crippen LogP contribution in [-0.2, 0) is 10.0 Å². The Morgan fingerprint density at radius 2 is 2.20 bits per heavy atom. The molecule has 0 spiro atoms. The third-order valence-electron chi connectivity index (χ3n) is 3.62. The topological polar surface area (TPSA) is 83.6 Å². The van der Waals surface area contributed by atoms with Gasteiger partial charge in [-0.15, -0.1) is 0 Å². The van der Waals surface area contributed by atoms with Crippen LogP contribution in [0.3, 0.4) is 0 Å². The van der Waals surface area contributed by atoms with Gasteiger partial charge in [-0.05, 0) is 43.4 Å². The molecule has 1 unspecified atom stereocenters. The molecule has 7 heteroatoms. The molecular formula is C13H19FN2O3S. The van der Waals surface area contributed by atoms with E-state index in [2.05, 4.69) is 0 Å². The average Bonchev–Trinajstić information content (AvgIpc) is 2.42. The zero-order valence-corrected chi connectivity index (χ0v) is 11.9. The van der Waals surface area contributed by atoms with Gasteiger partial charge in [-0.25, -0.2) is 12.8 Å². The molecule has 0 saturated carbocycles. The van der Waals surface area contributed by atoms with Gasteiger partial charge in [0.25, 0.3) is 0 Å². The largest absolute Gasteiger partial charge is 0.396 e. The average molecular weight is 302 g/mol. The van der Waals surface area contributed by atoms with E-state index >= 15 is 0 Å². The maximum atomic E-state index is 13.1. The number of nitrogen functional groups attached to an aromatic ring is 1. The lowest BCUT2D eigenvalue weighted by atomic mass is 9.97. The van der Waals surface area contributed by atoms with Gasteiger partial charge in [0, 0.05) is 19.7 Å². The Morgan fingerprint density at radius 1 is 1.45 bits per heavy atom. The lowest BCUT2D eigenvalue weighted by Crippen LogP contribution is -2.40. The van der Waals surface area contributed by atoms with Crippen molar-refractivity contribution in [3.8, 4) is 0 Å². The first-order valence-corrected chi connectivity index (χ1v) is 8.05. The van der Waals surface area contributed by atoms with Crippen LogP contribution >= 0.6 is 0 Å². The summed E-state index contributed by atoms with van der Waals surface area (Å²) in [5.41, 5.74) is 5.26. The van der Waals surface area contributed by atoms with Crippen LogP contribution < -0.4 is 5.73 Å². The van der Waals surface area contributed by atoms with Crippen molar-refractivity contribution in [1.29, 1.82) is 0 Å². The fraction of sp³-hybridized carbons (Fsp3) is 0.538. The number of aliphatic hydroxyl groups excluding tert-OH is 1. The monoisotopic (exact) mass is 302 g/mol. The number of hydrogen-bond donors (Lipinski definition) is 2. The second-order valence-electron chi connectivity index (χ2n) is 5.07. The third-order valence-corrected chi connectivity index (χ3v) is 5.49. The number of nitrogens with zero attached hydrogens (tertiary/aromatic N) is 1. The molecule has 1 aliphatic rings. The van der Waals surface area contributed by atoms with E-state index in [1.807, 2.05) is 0 Å². The van der Waals surface area contributed by atoms with Crippen molar-refractivity contribution in [3.63, 3.8) is 0 Å². The van der Waals surface area contributed by atoms with Crippen molar-refractivity contribution in [1.82, 2.24) is 4.31 Å². The Bertz CT molecular complexity index is 575. The molecular weight excluding hydrogens is 283 g/mol. The number of benzene rings is 1. The fourth-order valence-corrected chi connectivity index (χ4v) is 4.09. The van der Waals surface area contributed by atoms with Crippen molar-refractivity contribution < 1.29 is 17.9 Å². The quantitative estimate of drug-likeness (QED) is 0.818. The van der Waals surface area contributed by atoms with Crippen LogP contribution in [-0.4, -0.2) is 37.5 Å².